The Morgan fingerprint density at radius 3 is 0.630 bits per heavy atom. The van der Waals surface area contributed by atoms with Crippen molar-refractivity contribution in [2.45, 2.75) is 496 Å². The van der Waals surface area contributed by atoms with Gasteiger partial charge in [0.1, 0.15) is 19.3 Å². The van der Waals surface area contributed by atoms with Crippen LogP contribution in [0, 0.1) is 11.8 Å². The molecule has 0 bridgehead atoms. The molecule has 642 valence electrons. The minimum Gasteiger partial charge on any atom is -0.462 e. The highest BCUT2D eigenvalue weighted by molar-refractivity contribution is 7.47. The van der Waals surface area contributed by atoms with Crippen molar-refractivity contribution in [3.8, 4) is 0 Å². The molecule has 0 aromatic rings. The molecule has 0 fully saturated rings. The lowest BCUT2D eigenvalue weighted by Gasteiger charge is -2.21. The number of unbranched alkanes of at least 4 members (excludes halogenated alkanes) is 58. The number of hydrogen-bond donors (Lipinski definition) is 3. The first-order valence-electron chi connectivity index (χ1n) is 46.0. The molecule has 0 rings (SSSR count). The fourth-order valence-corrected chi connectivity index (χ4v) is 15.5. The summed E-state index contributed by atoms with van der Waals surface area (Å²) in [5.74, 6) is -0.468. The molecular weight excluding hydrogens is 1400 g/mol. The first-order valence-corrected chi connectivity index (χ1v) is 49.0. The van der Waals surface area contributed by atoms with Gasteiger partial charge in [0.25, 0.3) is 0 Å². The first kappa shape index (κ1) is 106. The number of phosphoric acid groups is 2. The second kappa shape index (κ2) is 80.3. The van der Waals surface area contributed by atoms with E-state index in [0.29, 0.717) is 25.7 Å². The predicted octanol–water partition coefficient (Wildman–Crippen LogP) is 27.4. The highest BCUT2D eigenvalue weighted by Crippen LogP contribution is 2.45. The SMILES string of the molecule is CCCCCCCCCCCCCCCCCCC(=O)O[C@H](COC(=O)CCCCCCCCCCCCCCC)COP(=O)(O)OC[C@H](O)COP(=O)(O)OC[C@@H](COC(=O)CCCCCCCCCCCCCCCCCC(C)C)OC(=O)CCCCCCCCCCCCCCCCCCCCC(C)C. The van der Waals surface area contributed by atoms with E-state index in [4.69, 9.17) is 37.0 Å². The number of hydrogen-bond acceptors (Lipinski definition) is 15. The summed E-state index contributed by atoms with van der Waals surface area (Å²) < 4.78 is 69.0. The van der Waals surface area contributed by atoms with E-state index in [1.807, 2.05) is 0 Å². The van der Waals surface area contributed by atoms with Crippen LogP contribution in [0.1, 0.15) is 478 Å². The number of carbonyl (C=O) groups excluding carboxylic acids is 4. The summed E-state index contributed by atoms with van der Waals surface area (Å²) in [4.78, 5) is 73.4. The van der Waals surface area contributed by atoms with Crippen LogP contribution in [0.3, 0.4) is 0 Å². The lowest BCUT2D eigenvalue weighted by atomic mass is 10.0. The molecule has 0 aromatic heterocycles. The van der Waals surface area contributed by atoms with Gasteiger partial charge in [0.05, 0.1) is 26.4 Å². The van der Waals surface area contributed by atoms with Gasteiger partial charge in [-0.25, -0.2) is 9.13 Å². The monoisotopic (exact) mass is 1580 g/mol. The Kier molecular flexibility index (Phi) is 78.8. The minimum absolute atomic E-state index is 0.109. The number of aliphatic hydroxyl groups excluding tert-OH is 1. The molecule has 0 aliphatic carbocycles. The van der Waals surface area contributed by atoms with Crippen LogP contribution in [0.25, 0.3) is 0 Å². The number of aliphatic hydroxyl groups is 1. The molecule has 0 heterocycles. The van der Waals surface area contributed by atoms with Crippen LogP contribution >= 0.6 is 15.6 Å². The van der Waals surface area contributed by atoms with Crippen molar-refractivity contribution in [2.75, 3.05) is 39.6 Å². The highest BCUT2D eigenvalue weighted by Gasteiger charge is 2.31. The standard InChI is InChI=1S/C89H174O17P2/c1-7-9-11-13-15-17-19-21-22-30-37-43-49-55-61-67-73-88(93)105-84(77-99-86(91)71-65-59-53-47-41-33-20-18-16-14-12-10-8-2)79-103-107(95,96)101-75-83(90)76-102-108(97,98)104-80-85(78-100-87(92)72-66-60-54-48-42-36-32-27-29-35-40-46-52-58-64-70-82(5)6)106-89(94)74-68-62-56-50-44-38-31-26-24-23-25-28-34-39-45-51-57-63-69-81(3)4/h81-85,90H,7-80H2,1-6H3,(H,95,96)(H,97,98)/t83-,84+,85+/m0/s1. The number of esters is 4. The fraction of sp³-hybridized carbons (Fsp3) is 0.955. The van der Waals surface area contributed by atoms with E-state index in [0.717, 1.165) is 102 Å². The Morgan fingerprint density at radius 1 is 0.250 bits per heavy atom. The Hall–Kier alpha value is -1.94. The van der Waals surface area contributed by atoms with E-state index in [1.165, 1.54) is 295 Å². The van der Waals surface area contributed by atoms with Crippen molar-refractivity contribution >= 4 is 39.5 Å². The number of ether oxygens (including phenoxy) is 4. The van der Waals surface area contributed by atoms with Crippen LogP contribution in [0.15, 0.2) is 0 Å². The lowest BCUT2D eigenvalue weighted by molar-refractivity contribution is -0.161. The van der Waals surface area contributed by atoms with Gasteiger partial charge in [0.2, 0.25) is 0 Å². The summed E-state index contributed by atoms with van der Waals surface area (Å²) in [5.41, 5.74) is 0. The molecule has 19 heteroatoms. The predicted molar refractivity (Wildman–Crippen MR) is 446 cm³/mol. The number of carbonyl (C=O) groups is 4. The van der Waals surface area contributed by atoms with Crippen molar-refractivity contribution in [1.29, 1.82) is 0 Å². The van der Waals surface area contributed by atoms with Crippen molar-refractivity contribution in [1.82, 2.24) is 0 Å². The van der Waals surface area contributed by atoms with Crippen LogP contribution in [-0.4, -0.2) is 96.7 Å². The van der Waals surface area contributed by atoms with Gasteiger partial charge in [-0.1, -0.05) is 427 Å². The maximum atomic E-state index is 13.2. The summed E-state index contributed by atoms with van der Waals surface area (Å²) >= 11 is 0. The van der Waals surface area contributed by atoms with Gasteiger partial charge in [-0.15, -0.1) is 0 Å². The van der Waals surface area contributed by atoms with Gasteiger partial charge in [-0.3, -0.25) is 37.3 Å². The van der Waals surface area contributed by atoms with Gasteiger partial charge in [-0.05, 0) is 37.5 Å². The summed E-state index contributed by atoms with van der Waals surface area (Å²) in [6.07, 6.45) is 73.5. The molecule has 0 radical (unpaired) electrons. The van der Waals surface area contributed by atoms with Gasteiger partial charge in [-0.2, -0.15) is 0 Å². The maximum Gasteiger partial charge on any atom is 0.472 e. The number of phosphoric ester groups is 2. The van der Waals surface area contributed by atoms with E-state index in [9.17, 15) is 43.2 Å². The smallest absolute Gasteiger partial charge is 0.462 e. The lowest BCUT2D eigenvalue weighted by Crippen LogP contribution is -2.30. The second-order valence-electron chi connectivity index (χ2n) is 32.9. The minimum atomic E-state index is -4.97. The molecule has 0 spiro atoms. The summed E-state index contributed by atoms with van der Waals surface area (Å²) in [6, 6.07) is 0. The van der Waals surface area contributed by atoms with Gasteiger partial charge >= 0.3 is 39.5 Å². The van der Waals surface area contributed by atoms with Crippen LogP contribution in [-0.2, 0) is 65.4 Å². The fourth-order valence-electron chi connectivity index (χ4n) is 14.0. The first-order chi connectivity index (χ1) is 52.4. The summed E-state index contributed by atoms with van der Waals surface area (Å²) in [5, 5.41) is 10.7. The van der Waals surface area contributed by atoms with Crippen molar-refractivity contribution in [2.24, 2.45) is 11.8 Å². The average Bonchev–Trinajstić information content (AvgIpc) is 0.907. The largest absolute Gasteiger partial charge is 0.472 e. The highest BCUT2D eigenvalue weighted by atomic mass is 31.2. The zero-order chi connectivity index (χ0) is 79.2. The van der Waals surface area contributed by atoms with E-state index in [2.05, 4.69) is 41.5 Å². The normalized spacial score (nSPS) is 13.8. The van der Waals surface area contributed by atoms with Crippen molar-refractivity contribution < 1.29 is 80.2 Å². The third-order valence-electron chi connectivity index (χ3n) is 21.0. The van der Waals surface area contributed by atoms with Crippen molar-refractivity contribution in [3.63, 3.8) is 0 Å². The topological polar surface area (TPSA) is 237 Å². The van der Waals surface area contributed by atoms with E-state index < -0.39 is 97.5 Å². The molecule has 0 amide bonds. The molecule has 2 unspecified atom stereocenters. The molecular formula is C89H174O17P2. The summed E-state index contributed by atoms with van der Waals surface area (Å²) in [7, 11) is -9.93. The quantitative estimate of drug-likeness (QED) is 0.0222. The van der Waals surface area contributed by atoms with Gasteiger partial charge < -0.3 is 33.8 Å². The molecule has 0 saturated carbocycles. The van der Waals surface area contributed by atoms with Crippen LogP contribution in [0.5, 0.6) is 0 Å². The zero-order valence-corrected chi connectivity index (χ0v) is 73.0. The summed E-state index contributed by atoms with van der Waals surface area (Å²) in [6.45, 7) is 9.77. The molecule has 3 N–H and O–H groups in total. The van der Waals surface area contributed by atoms with Crippen LogP contribution < -0.4 is 0 Å². The molecule has 0 aliphatic rings. The maximum absolute atomic E-state index is 13.2. The Labute approximate surface area is 664 Å². The van der Waals surface area contributed by atoms with Crippen LogP contribution in [0.4, 0.5) is 0 Å². The number of rotatable bonds is 88. The Morgan fingerprint density at radius 2 is 0.426 bits per heavy atom. The van der Waals surface area contributed by atoms with E-state index >= 15 is 0 Å². The average molecular weight is 1580 g/mol. The molecule has 108 heavy (non-hydrogen) atoms. The van der Waals surface area contributed by atoms with Crippen molar-refractivity contribution in [3.05, 3.63) is 0 Å². The third-order valence-corrected chi connectivity index (χ3v) is 22.9. The third kappa shape index (κ3) is 82.1. The van der Waals surface area contributed by atoms with Gasteiger partial charge in [0.15, 0.2) is 12.2 Å². The Bertz CT molecular complexity index is 2060. The molecule has 0 aliphatic heterocycles. The Balaban J connectivity index is 5.26. The van der Waals surface area contributed by atoms with Gasteiger partial charge in [0, 0.05) is 25.7 Å². The van der Waals surface area contributed by atoms with E-state index in [-0.39, 0.29) is 25.7 Å². The molecule has 0 saturated heterocycles. The zero-order valence-electron chi connectivity index (χ0n) is 71.2. The molecule has 0 aromatic carbocycles. The van der Waals surface area contributed by atoms with E-state index in [1.54, 1.807) is 0 Å². The van der Waals surface area contributed by atoms with Crippen LogP contribution in [0.2, 0.25) is 0 Å². The molecule has 5 atom stereocenters. The molecule has 17 nitrogen and oxygen atoms in total. The second-order valence-corrected chi connectivity index (χ2v) is 35.8.